The standard InChI is InChI=1S/C21H20ClNO4/c1-14-19(23-21(27-14)16-6-8-17(22)9-7-16)10-11-26-18-5-3-4-15(12-18)13-20(24)25-2/h3-9,12H,10-11,13H2,1-2H3. The topological polar surface area (TPSA) is 61.6 Å². The van der Waals surface area contributed by atoms with Crippen molar-refractivity contribution in [2.24, 2.45) is 0 Å². The first-order chi connectivity index (χ1) is 13.0. The molecule has 27 heavy (non-hydrogen) atoms. The molecule has 0 fully saturated rings. The number of esters is 1. The van der Waals surface area contributed by atoms with E-state index in [2.05, 4.69) is 9.72 Å². The lowest BCUT2D eigenvalue weighted by Crippen LogP contribution is -2.06. The first-order valence-corrected chi connectivity index (χ1v) is 8.94. The number of halogens is 1. The van der Waals surface area contributed by atoms with E-state index < -0.39 is 0 Å². The number of methoxy groups -OCH3 is 1. The molecule has 3 aromatic rings. The number of benzene rings is 2. The molecule has 0 unspecified atom stereocenters. The molecule has 2 aromatic carbocycles. The maximum atomic E-state index is 11.4. The van der Waals surface area contributed by atoms with E-state index in [0.29, 0.717) is 29.7 Å². The number of aromatic nitrogens is 1. The minimum absolute atomic E-state index is 0.223. The third-order valence-corrected chi connectivity index (χ3v) is 4.32. The Balaban J connectivity index is 1.60. The highest BCUT2D eigenvalue weighted by Crippen LogP contribution is 2.24. The Bertz CT molecular complexity index is 918. The second kappa shape index (κ2) is 8.73. The Kier molecular flexibility index (Phi) is 6.14. The van der Waals surface area contributed by atoms with Crippen molar-refractivity contribution in [3.63, 3.8) is 0 Å². The summed E-state index contributed by atoms with van der Waals surface area (Å²) in [6.07, 6.45) is 0.838. The van der Waals surface area contributed by atoms with Crippen molar-refractivity contribution < 1.29 is 18.7 Å². The second-order valence-electron chi connectivity index (χ2n) is 6.03. The zero-order valence-corrected chi connectivity index (χ0v) is 16.0. The molecule has 0 aliphatic rings. The summed E-state index contributed by atoms with van der Waals surface area (Å²) in [6.45, 7) is 2.34. The van der Waals surface area contributed by atoms with Crippen LogP contribution >= 0.6 is 11.6 Å². The minimum Gasteiger partial charge on any atom is -0.493 e. The van der Waals surface area contributed by atoms with E-state index in [-0.39, 0.29) is 12.4 Å². The summed E-state index contributed by atoms with van der Waals surface area (Å²) in [5.41, 5.74) is 2.58. The quantitative estimate of drug-likeness (QED) is 0.554. The van der Waals surface area contributed by atoms with Gasteiger partial charge in [-0.15, -0.1) is 0 Å². The molecule has 5 nitrogen and oxygen atoms in total. The van der Waals surface area contributed by atoms with Crippen LogP contribution in [0.25, 0.3) is 11.5 Å². The highest BCUT2D eigenvalue weighted by Gasteiger charge is 2.12. The van der Waals surface area contributed by atoms with Crippen LogP contribution in [0.5, 0.6) is 5.75 Å². The molecular weight excluding hydrogens is 366 g/mol. The molecule has 3 rings (SSSR count). The van der Waals surface area contributed by atoms with Crippen LogP contribution < -0.4 is 4.74 Å². The Morgan fingerprint density at radius 3 is 2.70 bits per heavy atom. The number of ether oxygens (including phenoxy) is 2. The number of carbonyl (C=O) groups excluding carboxylic acids is 1. The third-order valence-electron chi connectivity index (χ3n) is 4.07. The molecule has 1 aromatic heterocycles. The molecule has 0 amide bonds. The minimum atomic E-state index is -0.278. The van der Waals surface area contributed by atoms with Crippen LogP contribution in [0.4, 0.5) is 0 Å². The van der Waals surface area contributed by atoms with Gasteiger partial charge in [0.25, 0.3) is 0 Å². The third kappa shape index (κ3) is 5.11. The first kappa shape index (κ1) is 19.0. The van der Waals surface area contributed by atoms with Crippen LogP contribution in [0.2, 0.25) is 5.02 Å². The monoisotopic (exact) mass is 385 g/mol. The predicted molar refractivity (Wildman–Crippen MR) is 103 cm³/mol. The van der Waals surface area contributed by atoms with Crippen LogP contribution in [0.15, 0.2) is 52.9 Å². The van der Waals surface area contributed by atoms with Gasteiger partial charge in [0, 0.05) is 17.0 Å². The van der Waals surface area contributed by atoms with Crippen molar-refractivity contribution in [1.82, 2.24) is 4.98 Å². The number of hydrogen-bond donors (Lipinski definition) is 0. The Labute approximate surface area is 162 Å². The van der Waals surface area contributed by atoms with Gasteiger partial charge in [-0.05, 0) is 48.9 Å². The molecule has 0 aliphatic carbocycles. The van der Waals surface area contributed by atoms with Crippen molar-refractivity contribution in [3.05, 3.63) is 70.6 Å². The molecule has 0 bridgehead atoms. The van der Waals surface area contributed by atoms with Gasteiger partial charge in [0.15, 0.2) is 0 Å². The van der Waals surface area contributed by atoms with E-state index in [4.69, 9.17) is 20.8 Å². The predicted octanol–water partition coefficient (Wildman–Crippen LogP) is 4.64. The SMILES string of the molecule is COC(=O)Cc1cccc(OCCc2nc(-c3ccc(Cl)cc3)oc2C)c1. The molecule has 0 N–H and O–H groups in total. The van der Waals surface area contributed by atoms with Crippen molar-refractivity contribution in [3.8, 4) is 17.2 Å². The van der Waals surface area contributed by atoms with Gasteiger partial charge in [-0.2, -0.15) is 0 Å². The number of rotatable bonds is 7. The highest BCUT2D eigenvalue weighted by atomic mass is 35.5. The van der Waals surface area contributed by atoms with Crippen molar-refractivity contribution in [2.75, 3.05) is 13.7 Å². The summed E-state index contributed by atoms with van der Waals surface area (Å²) in [6, 6.07) is 14.8. The molecule has 0 saturated carbocycles. The van der Waals surface area contributed by atoms with Gasteiger partial charge < -0.3 is 13.9 Å². The summed E-state index contributed by atoms with van der Waals surface area (Å²) in [4.78, 5) is 15.9. The maximum Gasteiger partial charge on any atom is 0.309 e. The van der Waals surface area contributed by atoms with Crippen molar-refractivity contribution >= 4 is 17.6 Å². The van der Waals surface area contributed by atoms with Crippen LogP contribution in [-0.4, -0.2) is 24.7 Å². The lowest BCUT2D eigenvalue weighted by Gasteiger charge is -2.07. The van der Waals surface area contributed by atoms with E-state index in [0.717, 1.165) is 22.6 Å². The van der Waals surface area contributed by atoms with Gasteiger partial charge in [0.05, 0.1) is 25.8 Å². The molecule has 0 saturated heterocycles. The Morgan fingerprint density at radius 2 is 1.96 bits per heavy atom. The summed E-state index contributed by atoms with van der Waals surface area (Å²) in [5, 5.41) is 0.671. The summed E-state index contributed by atoms with van der Waals surface area (Å²) in [7, 11) is 1.38. The Hall–Kier alpha value is -2.79. The second-order valence-corrected chi connectivity index (χ2v) is 6.46. The van der Waals surface area contributed by atoms with E-state index >= 15 is 0 Å². The van der Waals surface area contributed by atoms with Gasteiger partial charge in [-0.1, -0.05) is 23.7 Å². The average Bonchev–Trinajstić information content (AvgIpc) is 3.03. The largest absolute Gasteiger partial charge is 0.493 e. The van der Waals surface area contributed by atoms with Crippen LogP contribution in [0.1, 0.15) is 17.0 Å². The molecule has 1 heterocycles. The summed E-state index contributed by atoms with van der Waals surface area (Å²) < 4.78 is 16.2. The summed E-state index contributed by atoms with van der Waals surface area (Å²) >= 11 is 5.92. The van der Waals surface area contributed by atoms with Gasteiger partial charge >= 0.3 is 5.97 Å². The number of aryl methyl sites for hydroxylation is 1. The number of carbonyl (C=O) groups is 1. The molecule has 0 atom stereocenters. The van der Waals surface area contributed by atoms with Crippen LogP contribution in [0.3, 0.4) is 0 Å². The fraction of sp³-hybridized carbons (Fsp3) is 0.238. The molecular formula is C21H20ClNO4. The lowest BCUT2D eigenvalue weighted by atomic mass is 10.1. The molecule has 0 radical (unpaired) electrons. The zero-order valence-electron chi connectivity index (χ0n) is 15.2. The van der Waals surface area contributed by atoms with Gasteiger partial charge in [0.1, 0.15) is 11.5 Å². The number of oxazole rings is 1. The number of nitrogens with zero attached hydrogens (tertiary/aromatic N) is 1. The van der Waals surface area contributed by atoms with Gasteiger partial charge in [0.2, 0.25) is 5.89 Å². The van der Waals surface area contributed by atoms with E-state index in [1.807, 2.05) is 43.3 Å². The molecule has 140 valence electrons. The molecule has 0 aliphatic heterocycles. The van der Waals surface area contributed by atoms with Crippen LogP contribution in [0, 0.1) is 6.92 Å². The fourth-order valence-electron chi connectivity index (χ4n) is 2.63. The van der Waals surface area contributed by atoms with E-state index in [1.54, 1.807) is 12.1 Å². The van der Waals surface area contributed by atoms with Gasteiger partial charge in [-0.25, -0.2) is 4.98 Å². The maximum absolute atomic E-state index is 11.4. The lowest BCUT2D eigenvalue weighted by molar-refractivity contribution is -0.139. The Morgan fingerprint density at radius 1 is 1.19 bits per heavy atom. The van der Waals surface area contributed by atoms with Crippen molar-refractivity contribution in [2.45, 2.75) is 19.8 Å². The molecule has 0 spiro atoms. The normalized spacial score (nSPS) is 10.6. The zero-order chi connectivity index (χ0) is 19.2. The van der Waals surface area contributed by atoms with Crippen molar-refractivity contribution in [1.29, 1.82) is 0 Å². The van der Waals surface area contributed by atoms with E-state index in [9.17, 15) is 4.79 Å². The first-order valence-electron chi connectivity index (χ1n) is 8.56. The molecule has 6 heteroatoms. The van der Waals surface area contributed by atoms with Crippen LogP contribution in [-0.2, 0) is 22.4 Å². The summed E-state index contributed by atoms with van der Waals surface area (Å²) in [5.74, 6) is 1.76. The highest BCUT2D eigenvalue weighted by molar-refractivity contribution is 6.30. The average molecular weight is 386 g/mol. The van der Waals surface area contributed by atoms with E-state index in [1.165, 1.54) is 7.11 Å². The fourth-order valence-corrected chi connectivity index (χ4v) is 2.75. The van der Waals surface area contributed by atoms with Gasteiger partial charge in [-0.3, -0.25) is 4.79 Å². The smallest absolute Gasteiger partial charge is 0.309 e. The number of hydrogen-bond acceptors (Lipinski definition) is 5.